The fourth-order valence-electron chi connectivity index (χ4n) is 3.15. The van der Waals surface area contributed by atoms with Gasteiger partial charge in [-0.2, -0.15) is 5.26 Å². The molecule has 0 unspecified atom stereocenters. The van der Waals surface area contributed by atoms with Crippen LogP contribution in [0.3, 0.4) is 0 Å². The molecule has 0 aromatic heterocycles. The smallest absolute Gasteiger partial charge is 0.266 e. The van der Waals surface area contributed by atoms with Crippen molar-refractivity contribution in [3.8, 4) is 17.6 Å². The van der Waals surface area contributed by atoms with Crippen molar-refractivity contribution in [2.45, 2.75) is 20.5 Å². The average Bonchev–Trinajstić information content (AvgIpc) is 2.78. The molecule has 0 saturated heterocycles. The Labute approximate surface area is 203 Å². The molecule has 3 rings (SSSR count). The molecule has 0 atom stereocenters. The summed E-state index contributed by atoms with van der Waals surface area (Å²) in [6.45, 7) is 4.16. The molecular weight excluding hydrogens is 459 g/mol. The van der Waals surface area contributed by atoms with Crippen molar-refractivity contribution in [3.63, 3.8) is 0 Å². The number of anilines is 1. The molecule has 168 valence electrons. The standard InChI is InChI=1S/C26H22Cl2N2O3/c1-16-5-4-6-18(9-16)15-33-25-22(28)11-19(12-24(25)32-3)10-20(14-29)26(31)30-23-13-21(27)8-7-17(23)2/h4-13H,15H2,1-3H3,(H,30,31)/b20-10+. The molecule has 0 radical (unpaired) electrons. The second-order valence-corrected chi connectivity index (χ2v) is 8.24. The van der Waals surface area contributed by atoms with E-state index in [1.165, 1.54) is 13.2 Å². The van der Waals surface area contributed by atoms with Crippen molar-refractivity contribution in [2.24, 2.45) is 0 Å². The number of benzene rings is 3. The number of halogens is 2. The lowest BCUT2D eigenvalue weighted by atomic mass is 10.1. The first-order chi connectivity index (χ1) is 15.8. The SMILES string of the molecule is COc1cc(/C=C(\C#N)C(=O)Nc2cc(Cl)ccc2C)cc(Cl)c1OCc1cccc(C)c1. The molecule has 0 spiro atoms. The molecule has 0 aliphatic carbocycles. The Morgan fingerprint density at radius 3 is 2.61 bits per heavy atom. The summed E-state index contributed by atoms with van der Waals surface area (Å²) in [7, 11) is 1.50. The number of ether oxygens (including phenoxy) is 2. The van der Waals surface area contributed by atoms with Gasteiger partial charge in [0.25, 0.3) is 5.91 Å². The van der Waals surface area contributed by atoms with E-state index in [0.717, 1.165) is 16.7 Å². The Morgan fingerprint density at radius 1 is 1.12 bits per heavy atom. The van der Waals surface area contributed by atoms with Crippen LogP contribution in [-0.2, 0) is 11.4 Å². The number of carbonyl (C=O) groups is 1. The van der Waals surface area contributed by atoms with Gasteiger partial charge >= 0.3 is 0 Å². The number of carbonyl (C=O) groups excluding carboxylic acids is 1. The third kappa shape index (κ3) is 6.29. The van der Waals surface area contributed by atoms with E-state index in [-0.39, 0.29) is 5.57 Å². The minimum Gasteiger partial charge on any atom is -0.493 e. The topological polar surface area (TPSA) is 71.3 Å². The molecule has 0 heterocycles. The molecule has 7 heteroatoms. The van der Waals surface area contributed by atoms with Gasteiger partial charge in [-0.3, -0.25) is 4.79 Å². The number of nitriles is 1. The highest BCUT2D eigenvalue weighted by atomic mass is 35.5. The molecule has 1 N–H and O–H groups in total. The Morgan fingerprint density at radius 2 is 1.91 bits per heavy atom. The van der Waals surface area contributed by atoms with E-state index in [1.54, 1.807) is 30.3 Å². The van der Waals surface area contributed by atoms with Gasteiger partial charge in [0, 0.05) is 10.7 Å². The molecule has 0 fully saturated rings. The summed E-state index contributed by atoms with van der Waals surface area (Å²) < 4.78 is 11.3. The monoisotopic (exact) mass is 480 g/mol. The van der Waals surface area contributed by atoms with Crippen molar-refractivity contribution in [1.82, 2.24) is 0 Å². The summed E-state index contributed by atoms with van der Waals surface area (Å²) in [6.07, 6.45) is 1.44. The molecule has 1 amide bonds. The van der Waals surface area contributed by atoms with Gasteiger partial charge in [0.05, 0.1) is 12.1 Å². The van der Waals surface area contributed by atoms with Crippen LogP contribution >= 0.6 is 23.2 Å². The summed E-state index contributed by atoms with van der Waals surface area (Å²) in [5.41, 5.74) is 3.91. The summed E-state index contributed by atoms with van der Waals surface area (Å²) in [5, 5.41) is 13.1. The third-order valence-corrected chi connectivity index (χ3v) is 5.36. The van der Waals surface area contributed by atoms with Gasteiger partial charge in [-0.1, -0.05) is 59.1 Å². The highest BCUT2D eigenvalue weighted by Crippen LogP contribution is 2.37. The molecular formula is C26H22Cl2N2O3. The largest absolute Gasteiger partial charge is 0.493 e. The first-order valence-corrected chi connectivity index (χ1v) is 10.8. The highest BCUT2D eigenvalue weighted by Gasteiger charge is 2.15. The second-order valence-electron chi connectivity index (χ2n) is 7.40. The van der Waals surface area contributed by atoms with Gasteiger partial charge in [-0.25, -0.2) is 0 Å². The van der Waals surface area contributed by atoms with E-state index in [0.29, 0.717) is 39.4 Å². The maximum atomic E-state index is 12.7. The number of hydrogen-bond acceptors (Lipinski definition) is 4. The summed E-state index contributed by atoms with van der Waals surface area (Å²) in [4.78, 5) is 12.7. The van der Waals surface area contributed by atoms with Crippen LogP contribution in [0.15, 0.2) is 60.2 Å². The number of methoxy groups -OCH3 is 1. The minimum absolute atomic E-state index is 0.0964. The molecule has 33 heavy (non-hydrogen) atoms. The maximum Gasteiger partial charge on any atom is 0.266 e. The van der Waals surface area contributed by atoms with Crippen molar-refractivity contribution in [1.29, 1.82) is 5.26 Å². The van der Waals surface area contributed by atoms with Gasteiger partial charge < -0.3 is 14.8 Å². The van der Waals surface area contributed by atoms with E-state index in [9.17, 15) is 10.1 Å². The maximum absolute atomic E-state index is 12.7. The molecule has 3 aromatic carbocycles. The Balaban J connectivity index is 1.84. The average molecular weight is 481 g/mol. The van der Waals surface area contributed by atoms with E-state index in [1.807, 2.05) is 44.2 Å². The number of rotatable bonds is 7. The summed E-state index contributed by atoms with van der Waals surface area (Å²) in [6, 6.07) is 18.3. The third-order valence-electron chi connectivity index (χ3n) is 4.84. The number of nitrogens with one attached hydrogen (secondary N) is 1. The second kappa shape index (κ2) is 10.9. The van der Waals surface area contributed by atoms with Gasteiger partial charge in [0.15, 0.2) is 11.5 Å². The fourth-order valence-corrected chi connectivity index (χ4v) is 3.60. The quantitative estimate of drug-likeness (QED) is 0.300. The molecule has 0 saturated carbocycles. The van der Waals surface area contributed by atoms with E-state index >= 15 is 0 Å². The first kappa shape index (κ1) is 24.2. The lowest BCUT2D eigenvalue weighted by Gasteiger charge is -2.14. The minimum atomic E-state index is -0.558. The zero-order valence-corrected chi connectivity index (χ0v) is 19.9. The van der Waals surface area contributed by atoms with Crippen LogP contribution in [-0.4, -0.2) is 13.0 Å². The molecule has 0 aliphatic rings. The lowest BCUT2D eigenvalue weighted by Crippen LogP contribution is -2.14. The predicted molar refractivity (Wildman–Crippen MR) is 132 cm³/mol. The van der Waals surface area contributed by atoms with Gasteiger partial charge in [0.1, 0.15) is 18.2 Å². The molecule has 0 bridgehead atoms. The normalized spacial score (nSPS) is 11.0. The number of aryl methyl sites for hydroxylation is 2. The number of amides is 1. The van der Waals surface area contributed by atoms with Crippen molar-refractivity contribution >= 4 is 40.9 Å². The van der Waals surface area contributed by atoms with Gasteiger partial charge in [-0.05, 0) is 60.9 Å². The van der Waals surface area contributed by atoms with Crippen LogP contribution in [0.5, 0.6) is 11.5 Å². The van der Waals surface area contributed by atoms with Crippen LogP contribution in [0.1, 0.15) is 22.3 Å². The molecule has 0 aliphatic heterocycles. The van der Waals surface area contributed by atoms with Gasteiger partial charge in [0.2, 0.25) is 0 Å². The number of nitrogens with zero attached hydrogens (tertiary/aromatic N) is 1. The molecule has 5 nitrogen and oxygen atoms in total. The number of hydrogen-bond donors (Lipinski definition) is 1. The zero-order valence-electron chi connectivity index (χ0n) is 18.4. The van der Waals surface area contributed by atoms with Crippen LogP contribution in [0.4, 0.5) is 5.69 Å². The van der Waals surface area contributed by atoms with Gasteiger partial charge in [-0.15, -0.1) is 0 Å². The van der Waals surface area contributed by atoms with Crippen LogP contribution in [0.2, 0.25) is 10.0 Å². The van der Waals surface area contributed by atoms with E-state index < -0.39 is 5.91 Å². The van der Waals surface area contributed by atoms with Crippen molar-refractivity contribution in [2.75, 3.05) is 12.4 Å². The van der Waals surface area contributed by atoms with E-state index in [2.05, 4.69) is 5.32 Å². The Kier molecular flexibility index (Phi) is 8.00. The Hall–Kier alpha value is -3.46. The van der Waals surface area contributed by atoms with Crippen LogP contribution in [0, 0.1) is 25.2 Å². The summed E-state index contributed by atoms with van der Waals surface area (Å²) >= 11 is 12.5. The lowest BCUT2D eigenvalue weighted by molar-refractivity contribution is -0.112. The summed E-state index contributed by atoms with van der Waals surface area (Å²) in [5.74, 6) is 0.220. The fraction of sp³-hybridized carbons (Fsp3) is 0.154. The Bertz CT molecular complexity index is 1260. The predicted octanol–water partition coefficient (Wildman–Crippen LogP) is 6.74. The van der Waals surface area contributed by atoms with Crippen LogP contribution < -0.4 is 14.8 Å². The van der Waals surface area contributed by atoms with Crippen molar-refractivity contribution < 1.29 is 14.3 Å². The van der Waals surface area contributed by atoms with Crippen LogP contribution in [0.25, 0.3) is 6.08 Å². The zero-order chi connectivity index (χ0) is 24.0. The molecule has 3 aromatic rings. The first-order valence-electron chi connectivity index (χ1n) is 10.1. The van der Waals surface area contributed by atoms with Crippen molar-refractivity contribution in [3.05, 3.63) is 92.5 Å². The van der Waals surface area contributed by atoms with E-state index in [4.69, 9.17) is 32.7 Å². The highest BCUT2D eigenvalue weighted by molar-refractivity contribution is 6.32.